The summed E-state index contributed by atoms with van der Waals surface area (Å²) in [6.45, 7) is 1.90. The molecule has 0 radical (unpaired) electrons. The van der Waals surface area contributed by atoms with E-state index in [1.807, 2.05) is 37.3 Å². The molecule has 6 nitrogen and oxygen atoms in total. The molecule has 2 aromatic carbocycles. The predicted octanol–water partition coefficient (Wildman–Crippen LogP) is 3.92. The van der Waals surface area contributed by atoms with Gasteiger partial charge in [0.25, 0.3) is 11.8 Å². The van der Waals surface area contributed by atoms with Gasteiger partial charge in [-0.2, -0.15) is 0 Å². The third-order valence-corrected chi connectivity index (χ3v) is 4.37. The molecular formula is C22H16N2O4. The summed E-state index contributed by atoms with van der Waals surface area (Å²) in [5.41, 5.74) is 2.08. The predicted molar refractivity (Wildman–Crippen MR) is 104 cm³/mol. The van der Waals surface area contributed by atoms with Gasteiger partial charge in [-0.05, 0) is 37.3 Å². The van der Waals surface area contributed by atoms with Crippen LogP contribution in [0.4, 0.5) is 10.5 Å². The summed E-state index contributed by atoms with van der Waals surface area (Å²) in [7, 11) is 0. The molecule has 1 aromatic heterocycles. The van der Waals surface area contributed by atoms with Crippen LogP contribution in [-0.2, 0) is 9.59 Å². The first kappa shape index (κ1) is 17.5. The monoisotopic (exact) mass is 372 g/mol. The second-order valence-electron chi connectivity index (χ2n) is 6.36. The van der Waals surface area contributed by atoms with Crippen molar-refractivity contribution in [3.05, 3.63) is 83.6 Å². The highest BCUT2D eigenvalue weighted by molar-refractivity contribution is 6.39. The minimum absolute atomic E-state index is 0.172. The van der Waals surface area contributed by atoms with E-state index < -0.39 is 17.8 Å². The summed E-state index contributed by atoms with van der Waals surface area (Å²) in [4.78, 5) is 38.2. The van der Waals surface area contributed by atoms with Gasteiger partial charge in [-0.25, -0.2) is 9.69 Å². The summed E-state index contributed by atoms with van der Waals surface area (Å²) in [6, 6.07) is 19.0. The van der Waals surface area contributed by atoms with Crippen molar-refractivity contribution in [1.82, 2.24) is 5.32 Å². The van der Waals surface area contributed by atoms with E-state index in [1.54, 1.807) is 36.4 Å². The number of nitrogens with one attached hydrogen (secondary N) is 1. The van der Waals surface area contributed by atoms with E-state index in [-0.39, 0.29) is 5.57 Å². The molecule has 1 aliphatic rings. The molecule has 0 saturated carbocycles. The summed E-state index contributed by atoms with van der Waals surface area (Å²) < 4.78 is 5.74. The maximum atomic E-state index is 12.8. The Morgan fingerprint density at radius 2 is 1.61 bits per heavy atom. The van der Waals surface area contributed by atoms with Crippen LogP contribution in [0, 0.1) is 6.92 Å². The first-order chi connectivity index (χ1) is 13.5. The van der Waals surface area contributed by atoms with Crippen LogP contribution in [0.2, 0.25) is 0 Å². The lowest BCUT2D eigenvalue weighted by molar-refractivity contribution is -0.122. The zero-order valence-corrected chi connectivity index (χ0v) is 15.0. The van der Waals surface area contributed by atoms with Gasteiger partial charge in [-0.1, -0.05) is 48.0 Å². The van der Waals surface area contributed by atoms with E-state index in [4.69, 9.17) is 4.42 Å². The SMILES string of the molecule is Cc1ccc(N2C(=O)NC(=O)/C(=C/c3ccc(-c4ccccc4)o3)C2=O)cc1. The van der Waals surface area contributed by atoms with E-state index in [0.717, 1.165) is 16.0 Å². The molecule has 1 fully saturated rings. The molecule has 28 heavy (non-hydrogen) atoms. The molecule has 1 saturated heterocycles. The topological polar surface area (TPSA) is 79.6 Å². The Bertz CT molecular complexity index is 1100. The highest BCUT2D eigenvalue weighted by Gasteiger charge is 2.37. The Kier molecular flexibility index (Phi) is 4.37. The Morgan fingerprint density at radius 3 is 2.32 bits per heavy atom. The molecule has 0 bridgehead atoms. The maximum Gasteiger partial charge on any atom is 0.335 e. The van der Waals surface area contributed by atoms with Crippen LogP contribution in [0.25, 0.3) is 17.4 Å². The number of carbonyl (C=O) groups excluding carboxylic acids is 3. The number of anilines is 1. The summed E-state index contributed by atoms with van der Waals surface area (Å²) in [5.74, 6) is -0.496. The fraction of sp³-hybridized carbons (Fsp3) is 0.0455. The van der Waals surface area contributed by atoms with Crippen LogP contribution < -0.4 is 10.2 Å². The van der Waals surface area contributed by atoms with Crippen molar-refractivity contribution in [3.63, 3.8) is 0 Å². The highest BCUT2D eigenvalue weighted by Crippen LogP contribution is 2.25. The minimum atomic E-state index is -0.777. The lowest BCUT2D eigenvalue weighted by Gasteiger charge is -2.26. The van der Waals surface area contributed by atoms with Gasteiger partial charge in [0.2, 0.25) is 0 Å². The molecule has 2 heterocycles. The number of rotatable bonds is 3. The number of urea groups is 1. The maximum absolute atomic E-state index is 12.8. The number of barbiturate groups is 1. The third-order valence-electron chi connectivity index (χ3n) is 4.37. The number of benzene rings is 2. The fourth-order valence-corrected chi connectivity index (χ4v) is 2.92. The minimum Gasteiger partial charge on any atom is -0.457 e. The van der Waals surface area contributed by atoms with Crippen molar-refractivity contribution >= 4 is 29.6 Å². The van der Waals surface area contributed by atoms with Gasteiger partial charge in [-0.15, -0.1) is 0 Å². The van der Waals surface area contributed by atoms with Crippen molar-refractivity contribution in [3.8, 4) is 11.3 Å². The van der Waals surface area contributed by atoms with Crippen molar-refractivity contribution in [2.24, 2.45) is 0 Å². The second-order valence-corrected chi connectivity index (χ2v) is 6.36. The lowest BCUT2D eigenvalue weighted by atomic mass is 10.1. The highest BCUT2D eigenvalue weighted by atomic mass is 16.3. The van der Waals surface area contributed by atoms with Crippen LogP contribution in [-0.4, -0.2) is 17.8 Å². The van der Waals surface area contributed by atoms with Crippen LogP contribution in [0.15, 0.2) is 76.7 Å². The third kappa shape index (κ3) is 3.23. The molecule has 1 aliphatic heterocycles. The molecule has 138 valence electrons. The first-order valence-corrected chi connectivity index (χ1v) is 8.66. The van der Waals surface area contributed by atoms with Crippen LogP contribution >= 0.6 is 0 Å². The smallest absolute Gasteiger partial charge is 0.335 e. The van der Waals surface area contributed by atoms with Gasteiger partial charge in [0.1, 0.15) is 17.1 Å². The molecule has 3 aromatic rings. The standard InChI is InChI=1S/C22H16N2O4/c1-14-7-9-16(10-8-14)24-21(26)18(20(25)23-22(24)27)13-17-11-12-19(28-17)15-5-3-2-4-6-15/h2-13H,1H3,(H,23,25,27)/b18-13-. The number of amides is 4. The van der Waals surface area contributed by atoms with Gasteiger partial charge in [0.05, 0.1) is 5.69 Å². The first-order valence-electron chi connectivity index (χ1n) is 8.66. The molecule has 0 atom stereocenters. The number of nitrogens with zero attached hydrogens (tertiary/aromatic N) is 1. The lowest BCUT2D eigenvalue weighted by Crippen LogP contribution is -2.54. The van der Waals surface area contributed by atoms with E-state index in [2.05, 4.69) is 5.32 Å². The van der Waals surface area contributed by atoms with Gasteiger partial charge < -0.3 is 4.42 Å². The average Bonchev–Trinajstić information content (AvgIpc) is 3.16. The summed E-state index contributed by atoms with van der Waals surface area (Å²) >= 11 is 0. The van der Waals surface area contributed by atoms with Crippen molar-refractivity contribution < 1.29 is 18.8 Å². The number of aryl methyl sites for hydroxylation is 1. The van der Waals surface area contributed by atoms with Crippen LogP contribution in [0.5, 0.6) is 0 Å². The summed E-state index contributed by atoms with van der Waals surface area (Å²) in [5, 5.41) is 2.20. The van der Waals surface area contributed by atoms with E-state index in [9.17, 15) is 14.4 Å². The van der Waals surface area contributed by atoms with Gasteiger partial charge in [-0.3, -0.25) is 14.9 Å². The Morgan fingerprint density at radius 1 is 0.893 bits per heavy atom. The molecule has 0 unspecified atom stereocenters. The number of furan rings is 1. The number of carbonyl (C=O) groups is 3. The zero-order chi connectivity index (χ0) is 19.7. The molecular weight excluding hydrogens is 356 g/mol. The Hall–Kier alpha value is -3.93. The van der Waals surface area contributed by atoms with E-state index in [1.165, 1.54) is 6.08 Å². The molecule has 4 amide bonds. The molecule has 6 heteroatoms. The molecule has 0 aliphatic carbocycles. The van der Waals surface area contributed by atoms with Crippen molar-refractivity contribution in [1.29, 1.82) is 0 Å². The average molecular weight is 372 g/mol. The quantitative estimate of drug-likeness (QED) is 0.558. The number of hydrogen-bond acceptors (Lipinski definition) is 4. The van der Waals surface area contributed by atoms with Crippen molar-refractivity contribution in [2.45, 2.75) is 6.92 Å². The van der Waals surface area contributed by atoms with Gasteiger partial charge in [0, 0.05) is 5.56 Å². The molecule has 0 spiro atoms. The zero-order valence-electron chi connectivity index (χ0n) is 15.0. The molecule has 1 N–H and O–H groups in total. The normalized spacial score (nSPS) is 15.8. The van der Waals surface area contributed by atoms with Crippen LogP contribution in [0.3, 0.4) is 0 Å². The fourth-order valence-electron chi connectivity index (χ4n) is 2.92. The van der Waals surface area contributed by atoms with Crippen molar-refractivity contribution in [2.75, 3.05) is 4.90 Å². The van der Waals surface area contributed by atoms with E-state index in [0.29, 0.717) is 17.2 Å². The number of imide groups is 2. The molecule has 4 rings (SSSR count). The second kappa shape index (κ2) is 7.00. The number of hydrogen-bond donors (Lipinski definition) is 1. The summed E-state index contributed by atoms with van der Waals surface area (Å²) in [6.07, 6.45) is 1.34. The largest absolute Gasteiger partial charge is 0.457 e. The Balaban J connectivity index is 1.67. The van der Waals surface area contributed by atoms with Crippen LogP contribution in [0.1, 0.15) is 11.3 Å². The Labute approximate surface area is 161 Å². The van der Waals surface area contributed by atoms with Gasteiger partial charge in [0.15, 0.2) is 0 Å². The van der Waals surface area contributed by atoms with Gasteiger partial charge >= 0.3 is 6.03 Å². The van der Waals surface area contributed by atoms with E-state index >= 15 is 0 Å².